The average Bonchev–Trinajstić information content (AvgIpc) is 3.15. The first-order valence-corrected chi connectivity index (χ1v) is 9.91. The molecule has 1 amide bonds. The fraction of sp³-hybridized carbons (Fsp3) is 0.294. The van der Waals surface area contributed by atoms with E-state index in [1.807, 2.05) is 0 Å². The van der Waals surface area contributed by atoms with Crippen molar-refractivity contribution in [2.75, 3.05) is 13.1 Å². The molecule has 1 aromatic heterocycles. The van der Waals surface area contributed by atoms with Crippen molar-refractivity contribution >= 4 is 33.7 Å². The molecule has 1 aliphatic rings. The molecule has 0 spiro atoms. The van der Waals surface area contributed by atoms with Gasteiger partial charge in [0.2, 0.25) is 15.9 Å². The van der Waals surface area contributed by atoms with Crippen LogP contribution in [0.5, 0.6) is 0 Å². The summed E-state index contributed by atoms with van der Waals surface area (Å²) >= 11 is 5.81. The summed E-state index contributed by atoms with van der Waals surface area (Å²) in [5.74, 6) is 0.0333. The lowest BCUT2D eigenvalue weighted by molar-refractivity contribution is -0.126. The van der Waals surface area contributed by atoms with E-state index in [0.717, 1.165) is 0 Å². The summed E-state index contributed by atoms with van der Waals surface area (Å²) in [5, 5.41) is 4.33. The number of hydrazone groups is 1. The third-order valence-electron chi connectivity index (χ3n) is 4.19. The number of amides is 1. The summed E-state index contributed by atoms with van der Waals surface area (Å²) in [7, 11) is -3.57. The van der Waals surface area contributed by atoms with Gasteiger partial charge in [0.1, 0.15) is 5.76 Å². The maximum Gasteiger partial charge on any atom is 0.243 e. The SMILES string of the molecule is O=C(N/N=C/c1ccco1)C1CCN(S(=O)(=O)c2ccc(Cl)cc2)CC1. The second-order valence-corrected chi connectivity index (χ2v) is 8.26. The number of rotatable bonds is 5. The van der Waals surface area contributed by atoms with Gasteiger partial charge in [-0.3, -0.25) is 4.79 Å². The Balaban J connectivity index is 1.55. The van der Waals surface area contributed by atoms with E-state index in [1.54, 1.807) is 24.3 Å². The van der Waals surface area contributed by atoms with Gasteiger partial charge in [0.15, 0.2) is 0 Å². The lowest BCUT2D eigenvalue weighted by atomic mass is 9.98. The number of piperidine rings is 1. The molecule has 1 saturated heterocycles. The lowest BCUT2D eigenvalue weighted by Crippen LogP contribution is -2.42. The number of carbonyl (C=O) groups is 1. The van der Waals surface area contributed by atoms with Crippen LogP contribution < -0.4 is 5.43 Å². The van der Waals surface area contributed by atoms with Crippen LogP contribution in [0.3, 0.4) is 0 Å². The minimum absolute atomic E-state index is 0.202. The van der Waals surface area contributed by atoms with Gasteiger partial charge in [-0.15, -0.1) is 0 Å². The first kappa shape index (κ1) is 18.6. The van der Waals surface area contributed by atoms with Crippen LogP contribution in [0.25, 0.3) is 0 Å². The molecule has 1 aromatic carbocycles. The molecule has 9 heteroatoms. The van der Waals surface area contributed by atoms with E-state index in [1.165, 1.54) is 28.9 Å². The molecule has 0 aliphatic carbocycles. The number of benzene rings is 1. The molecule has 26 heavy (non-hydrogen) atoms. The van der Waals surface area contributed by atoms with Crippen LogP contribution in [-0.4, -0.2) is 37.9 Å². The van der Waals surface area contributed by atoms with Crippen LogP contribution in [0.15, 0.2) is 57.1 Å². The number of nitrogens with one attached hydrogen (secondary N) is 1. The molecule has 0 saturated carbocycles. The van der Waals surface area contributed by atoms with E-state index in [2.05, 4.69) is 10.5 Å². The molecule has 1 N–H and O–H groups in total. The average molecular weight is 396 g/mol. The van der Waals surface area contributed by atoms with Gasteiger partial charge in [-0.2, -0.15) is 9.41 Å². The Kier molecular flexibility index (Phi) is 5.75. The third kappa shape index (κ3) is 4.32. The Morgan fingerprint density at radius 3 is 2.54 bits per heavy atom. The summed E-state index contributed by atoms with van der Waals surface area (Å²) < 4.78 is 31.7. The van der Waals surface area contributed by atoms with Crippen molar-refractivity contribution in [3.63, 3.8) is 0 Å². The van der Waals surface area contributed by atoms with Gasteiger partial charge in [0.05, 0.1) is 17.4 Å². The molecular formula is C17H18ClN3O4S. The quantitative estimate of drug-likeness (QED) is 0.621. The number of hydrogen-bond donors (Lipinski definition) is 1. The Morgan fingerprint density at radius 1 is 1.23 bits per heavy atom. The van der Waals surface area contributed by atoms with Crippen molar-refractivity contribution < 1.29 is 17.6 Å². The highest BCUT2D eigenvalue weighted by molar-refractivity contribution is 7.89. The van der Waals surface area contributed by atoms with E-state index in [-0.39, 0.29) is 29.8 Å². The van der Waals surface area contributed by atoms with Gasteiger partial charge < -0.3 is 4.42 Å². The minimum atomic E-state index is -3.57. The fourth-order valence-corrected chi connectivity index (χ4v) is 4.33. The summed E-state index contributed by atoms with van der Waals surface area (Å²) in [6.45, 7) is 0.565. The maximum atomic E-state index is 12.6. The standard InChI is InChI=1S/C17H18ClN3O4S/c18-14-3-5-16(6-4-14)26(23,24)21-9-7-13(8-10-21)17(22)20-19-12-15-2-1-11-25-15/h1-6,11-13H,7-10H2,(H,20,22)/b19-12+. The summed E-state index contributed by atoms with van der Waals surface area (Å²) in [6.07, 6.45) is 3.81. The predicted molar refractivity (Wildman–Crippen MR) is 97.4 cm³/mol. The van der Waals surface area contributed by atoms with Crippen LogP contribution in [0.2, 0.25) is 5.02 Å². The minimum Gasteiger partial charge on any atom is -0.463 e. The second-order valence-electron chi connectivity index (χ2n) is 5.88. The number of nitrogens with zero attached hydrogens (tertiary/aromatic N) is 2. The van der Waals surface area contributed by atoms with Gasteiger partial charge in [0, 0.05) is 24.0 Å². The molecule has 0 unspecified atom stereocenters. The molecule has 0 bridgehead atoms. The molecular weight excluding hydrogens is 378 g/mol. The summed E-state index contributed by atoms with van der Waals surface area (Å²) in [4.78, 5) is 12.4. The molecule has 2 aromatic rings. The topological polar surface area (TPSA) is 92.0 Å². The Labute approximate surface area is 156 Å². The highest BCUT2D eigenvalue weighted by Crippen LogP contribution is 2.24. The zero-order chi connectivity index (χ0) is 18.6. The molecule has 0 radical (unpaired) electrons. The van der Waals surface area contributed by atoms with Crippen LogP contribution >= 0.6 is 11.6 Å². The van der Waals surface area contributed by atoms with Crippen LogP contribution in [0.1, 0.15) is 18.6 Å². The second kappa shape index (κ2) is 8.03. The zero-order valence-corrected chi connectivity index (χ0v) is 15.4. The van der Waals surface area contributed by atoms with Gasteiger partial charge >= 0.3 is 0 Å². The van der Waals surface area contributed by atoms with E-state index in [4.69, 9.17) is 16.0 Å². The first-order chi connectivity index (χ1) is 12.5. The molecule has 7 nitrogen and oxygen atoms in total. The Hall–Kier alpha value is -2.16. The summed E-state index contributed by atoms with van der Waals surface area (Å²) in [5.41, 5.74) is 2.47. The zero-order valence-electron chi connectivity index (χ0n) is 13.8. The highest BCUT2D eigenvalue weighted by Gasteiger charge is 2.32. The van der Waals surface area contributed by atoms with E-state index in [9.17, 15) is 13.2 Å². The monoisotopic (exact) mass is 395 g/mol. The van der Waals surface area contributed by atoms with Crippen molar-refractivity contribution in [3.05, 3.63) is 53.4 Å². The largest absolute Gasteiger partial charge is 0.463 e. The van der Waals surface area contributed by atoms with Gasteiger partial charge in [-0.05, 0) is 49.2 Å². The molecule has 138 valence electrons. The van der Waals surface area contributed by atoms with Gasteiger partial charge in [0.25, 0.3) is 0 Å². The molecule has 1 fully saturated rings. The molecule has 1 aliphatic heterocycles. The molecule has 2 heterocycles. The lowest BCUT2D eigenvalue weighted by Gasteiger charge is -2.30. The number of hydrogen-bond acceptors (Lipinski definition) is 5. The van der Waals surface area contributed by atoms with Crippen LogP contribution in [0.4, 0.5) is 0 Å². The Bertz CT molecular complexity index is 871. The van der Waals surface area contributed by atoms with E-state index < -0.39 is 10.0 Å². The molecule has 0 atom stereocenters. The maximum absolute atomic E-state index is 12.6. The van der Waals surface area contributed by atoms with E-state index >= 15 is 0 Å². The Morgan fingerprint density at radius 2 is 1.92 bits per heavy atom. The van der Waals surface area contributed by atoms with Crippen molar-refractivity contribution in [3.8, 4) is 0 Å². The molecule has 3 rings (SSSR count). The first-order valence-electron chi connectivity index (χ1n) is 8.09. The van der Waals surface area contributed by atoms with Gasteiger partial charge in [-0.1, -0.05) is 11.6 Å². The third-order valence-corrected chi connectivity index (χ3v) is 6.35. The van der Waals surface area contributed by atoms with Crippen molar-refractivity contribution in [2.24, 2.45) is 11.0 Å². The van der Waals surface area contributed by atoms with E-state index in [0.29, 0.717) is 23.6 Å². The van der Waals surface area contributed by atoms with Crippen molar-refractivity contribution in [1.82, 2.24) is 9.73 Å². The summed E-state index contributed by atoms with van der Waals surface area (Å²) in [6, 6.07) is 9.51. The number of halogens is 1. The van der Waals surface area contributed by atoms with Crippen molar-refractivity contribution in [1.29, 1.82) is 0 Å². The van der Waals surface area contributed by atoms with Crippen molar-refractivity contribution in [2.45, 2.75) is 17.7 Å². The van der Waals surface area contributed by atoms with Crippen LogP contribution in [0, 0.1) is 5.92 Å². The fourth-order valence-electron chi connectivity index (χ4n) is 2.73. The van der Waals surface area contributed by atoms with Crippen LogP contribution in [-0.2, 0) is 14.8 Å². The smallest absolute Gasteiger partial charge is 0.243 e. The van der Waals surface area contributed by atoms with Gasteiger partial charge in [-0.25, -0.2) is 13.8 Å². The normalized spacial score (nSPS) is 16.8. The number of sulfonamides is 1. The predicted octanol–water partition coefficient (Wildman–Crippen LogP) is 2.48. The highest BCUT2D eigenvalue weighted by atomic mass is 35.5. The number of carbonyl (C=O) groups excluding carboxylic acids is 1. The number of furan rings is 1.